The van der Waals surface area contributed by atoms with Gasteiger partial charge in [0.25, 0.3) is 0 Å². The maximum Gasteiger partial charge on any atom is 0.00232 e. The Kier molecular flexibility index (Phi) is 4.85. The molecule has 74 valence electrons. The summed E-state index contributed by atoms with van der Waals surface area (Å²) in [4.78, 5) is 0. The van der Waals surface area contributed by atoms with Gasteiger partial charge in [0, 0.05) is 6.54 Å². The van der Waals surface area contributed by atoms with Gasteiger partial charge >= 0.3 is 0 Å². The molecule has 1 aliphatic carbocycles. The van der Waals surface area contributed by atoms with Gasteiger partial charge in [0.05, 0.1) is 0 Å². The van der Waals surface area contributed by atoms with Gasteiger partial charge in [-0.25, -0.2) is 0 Å². The van der Waals surface area contributed by atoms with Crippen molar-refractivity contribution in [3.63, 3.8) is 0 Å². The van der Waals surface area contributed by atoms with E-state index >= 15 is 0 Å². The van der Waals surface area contributed by atoms with Crippen molar-refractivity contribution < 1.29 is 0 Å². The molecule has 0 aromatic heterocycles. The fourth-order valence-electron chi connectivity index (χ4n) is 2.60. The Morgan fingerprint density at radius 2 is 2.17 bits per heavy atom. The first kappa shape index (κ1) is 12.5. The fraction of sp³-hybridized carbons (Fsp3) is 1.00. The number of rotatable bonds is 1. The normalized spacial score (nSPS) is 38.2. The first-order chi connectivity index (χ1) is 4.87. The molecule has 2 nitrogen and oxygen atoms in total. The predicted octanol–water partition coefficient (Wildman–Crippen LogP) is 1.18. The number of nitrogens with one attached hydrogen (secondary N) is 1. The van der Waals surface area contributed by atoms with E-state index in [4.69, 9.17) is 5.73 Å². The van der Waals surface area contributed by atoms with Gasteiger partial charge < -0.3 is 11.1 Å². The van der Waals surface area contributed by atoms with Gasteiger partial charge in [-0.15, -0.1) is 24.8 Å². The van der Waals surface area contributed by atoms with Crippen molar-refractivity contribution in [3.8, 4) is 0 Å². The molecule has 2 fully saturated rings. The number of hydrogen-bond donors (Lipinski definition) is 2. The molecule has 0 aromatic rings. The lowest BCUT2D eigenvalue weighted by Crippen LogP contribution is -2.34. The van der Waals surface area contributed by atoms with Crippen molar-refractivity contribution in [2.75, 3.05) is 19.6 Å². The van der Waals surface area contributed by atoms with Crippen LogP contribution in [0.15, 0.2) is 0 Å². The highest BCUT2D eigenvalue weighted by Crippen LogP contribution is 2.44. The van der Waals surface area contributed by atoms with Crippen LogP contribution in [0.4, 0.5) is 0 Å². The second-order valence-electron chi connectivity index (χ2n) is 3.79. The van der Waals surface area contributed by atoms with E-state index in [0.717, 1.165) is 12.5 Å². The van der Waals surface area contributed by atoms with Gasteiger partial charge in [0.1, 0.15) is 0 Å². The van der Waals surface area contributed by atoms with Crippen molar-refractivity contribution in [1.29, 1.82) is 0 Å². The third kappa shape index (κ3) is 1.72. The fourth-order valence-corrected chi connectivity index (χ4v) is 2.60. The van der Waals surface area contributed by atoms with Crippen LogP contribution in [0.5, 0.6) is 0 Å². The van der Waals surface area contributed by atoms with Crippen LogP contribution in [0, 0.1) is 11.3 Å². The number of hydrogen-bond acceptors (Lipinski definition) is 2. The minimum atomic E-state index is 0. The summed E-state index contributed by atoms with van der Waals surface area (Å²) in [5, 5.41) is 3.44. The quantitative estimate of drug-likeness (QED) is 0.686. The minimum Gasteiger partial charge on any atom is -0.330 e. The van der Waals surface area contributed by atoms with E-state index in [1.807, 2.05) is 0 Å². The highest BCUT2D eigenvalue weighted by molar-refractivity contribution is 5.85. The largest absolute Gasteiger partial charge is 0.330 e. The van der Waals surface area contributed by atoms with Crippen molar-refractivity contribution >= 4 is 24.8 Å². The first-order valence-electron chi connectivity index (χ1n) is 4.28. The van der Waals surface area contributed by atoms with E-state index < -0.39 is 0 Å². The first-order valence-corrected chi connectivity index (χ1v) is 4.28. The molecule has 1 aliphatic heterocycles. The van der Waals surface area contributed by atoms with Gasteiger partial charge in [-0.2, -0.15) is 0 Å². The lowest BCUT2D eigenvalue weighted by molar-refractivity contribution is 0.281. The molecule has 2 aliphatic rings. The molecule has 1 saturated carbocycles. The van der Waals surface area contributed by atoms with E-state index in [9.17, 15) is 0 Å². The molecule has 0 aromatic carbocycles. The number of halogens is 2. The Morgan fingerprint density at radius 1 is 1.42 bits per heavy atom. The van der Waals surface area contributed by atoms with Crippen LogP contribution in [-0.4, -0.2) is 19.6 Å². The summed E-state index contributed by atoms with van der Waals surface area (Å²) in [5.41, 5.74) is 6.28. The molecule has 1 heterocycles. The second-order valence-corrected chi connectivity index (χ2v) is 3.79. The predicted molar refractivity (Wildman–Crippen MR) is 56.2 cm³/mol. The molecular weight excluding hydrogens is 195 g/mol. The summed E-state index contributed by atoms with van der Waals surface area (Å²) in [6, 6.07) is 0. The van der Waals surface area contributed by atoms with Gasteiger partial charge in [-0.05, 0) is 37.3 Å². The molecule has 0 bridgehead atoms. The third-order valence-electron chi connectivity index (χ3n) is 3.37. The summed E-state index contributed by atoms with van der Waals surface area (Å²) in [6.07, 6.45) is 4.18. The average molecular weight is 213 g/mol. The van der Waals surface area contributed by atoms with Crippen LogP contribution in [0.3, 0.4) is 0 Å². The molecule has 12 heavy (non-hydrogen) atoms. The molecular formula is C8H18Cl2N2. The van der Waals surface area contributed by atoms with Crippen molar-refractivity contribution in [1.82, 2.24) is 5.32 Å². The molecule has 1 saturated heterocycles. The van der Waals surface area contributed by atoms with Gasteiger partial charge in [-0.1, -0.05) is 6.42 Å². The summed E-state index contributed by atoms with van der Waals surface area (Å²) in [6.45, 7) is 3.29. The summed E-state index contributed by atoms with van der Waals surface area (Å²) in [7, 11) is 0. The molecule has 4 heteroatoms. The molecule has 2 rings (SSSR count). The van der Waals surface area contributed by atoms with Crippen LogP contribution in [0.2, 0.25) is 0 Å². The van der Waals surface area contributed by atoms with Crippen LogP contribution in [-0.2, 0) is 0 Å². The lowest BCUT2D eigenvalue weighted by Gasteiger charge is -2.25. The number of nitrogens with two attached hydrogens (primary N) is 1. The summed E-state index contributed by atoms with van der Waals surface area (Å²) >= 11 is 0. The van der Waals surface area contributed by atoms with Crippen molar-refractivity contribution in [3.05, 3.63) is 0 Å². The molecule has 0 amide bonds. The third-order valence-corrected chi connectivity index (χ3v) is 3.37. The zero-order valence-electron chi connectivity index (χ0n) is 7.21. The van der Waals surface area contributed by atoms with Crippen molar-refractivity contribution in [2.24, 2.45) is 17.1 Å². The monoisotopic (exact) mass is 212 g/mol. The molecule has 2 atom stereocenters. The smallest absolute Gasteiger partial charge is 0.00232 e. The SMILES string of the molecule is Cl.Cl.NC[C@]12CCC[C@H]1CNC2. The Morgan fingerprint density at radius 3 is 2.75 bits per heavy atom. The molecule has 0 radical (unpaired) electrons. The average Bonchev–Trinajstić information content (AvgIpc) is 2.42. The molecule has 0 unspecified atom stereocenters. The van der Waals surface area contributed by atoms with E-state index in [1.54, 1.807) is 0 Å². The van der Waals surface area contributed by atoms with E-state index in [0.29, 0.717) is 5.41 Å². The maximum atomic E-state index is 5.77. The van der Waals surface area contributed by atoms with Crippen LogP contribution in [0.1, 0.15) is 19.3 Å². The van der Waals surface area contributed by atoms with Crippen LogP contribution in [0.25, 0.3) is 0 Å². The van der Waals surface area contributed by atoms with E-state index in [1.165, 1.54) is 32.4 Å². The van der Waals surface area contributed by atoms with Gasteiger partial charge in [0.2, 0.25) is 0 Å². The topological polar surface area (TPSA) is 38.0 Å². The second kappa shape index (κ2) is 4.66. The Bertz CT molecular complexity index is 131. The molecule has 3 N–H and O–H groups in total. The van der Waals surface area contributed by atoms with Crippen LogP contribution >= 0.6 is 24.8 Å². The van der Waals surface area contributed by atoms with Crippen molar-refractivity contribution in [2.45, 2.75) is 19.3 Å². The van der Waals surface area contributed by atoms with Gasteiger partial charge in [-0.3, -0.25) is 0 Å². The van der Waals surface area contributed by atoms with E-state index in [-0.39, 0.29) is 24.8 Å². The number of fused-ring (bicyclic) bond motifs is 1. The summed E-state index contributed by atoms with van der Waals surface area (Å²) < 4.78 is 0. The van der Waals surface area contributed by atoms with E-state index in [2.05, 4.69) is 5.32 Å². The zero-order valence-corrected chi connectivity index (χ0v) is 8.85. The lowest BCUT2D eigenvalue weighted by atomic mass is 9.81. The zero-order chi connectivity index (χ0) is 7.03. The standard InChI is InChI=1S/C8H16N2.2ClH/c9-5-8-3-1-2-7(8)4-10-6-8;;/h7,10H,1-6,9H2;2*1H/t7-,8-;;/m0../s1. The minimum absolute atomic E-state index is 0. The highest BCUT2D eigenvalue weighted by Gasteiger charge is 2.44. The Hall–Kier alpha value is 0.500. The summed E-state index contributed by atoms with van der Waals surface area (Å²) in [5.74, 6) is 0.900. The highest BCUT2D eigenvalue weighted by atomic mass is 35.5. The maximum absolute atomic E-state index is 5.77. The molecule has 0 spiro atoms. The van der Waals surface area contributed by atoms with Crippen LogP contribution < -0.4 is 11.1 Å². The Labute approximate surface area is 86.5 Å². The van der Waals surface area contributed by atoms with Gasteiger partial charge in [0.15, 0.2) is 0 Å². The Balaban J connectivity index is 0.000000605.